The van der Waals surface area contributed by atoms with Crippen molar-refractivity contribution in [2.75, 3.05) is 0 Å². The molecular formula is C30H64. The average Bonchev–Trinajstić information content (AvgIpc) is 2.86. The van der Waals surface area contributed by atoms with Crippen LogP contribution in [0.4, 0.5) is 0 Å². The van der Waals surface area contributed by atoms with Gasteiger partial charge in [0.05, 0.1) is 0 Å². The molecule has 0 aromatic heterocycles. The van der Waals surface area contributed by atoms with Crippen LogP contribution in [0, 0.1) is 0 Å². The molecule has 0 nitrogen and oxygen atoms in total. The van der Waals surface area contributed by atoms with Gasteiger partial charge in [0.2, 0.25) is 0 Å². The predicted octanol–water partition coefficient (Wildman–Crippen LogP) is 12.2. The molecule has 184 valence electrons. The molecule has 0 bridgehead atoms. The second kappa shape index (κ2) is 33.6. The van der Waals surface area contributed by atoms with Crippen LogP contribution in [0.1, 0.15) is 195 Å². The Balaban J connectivity index is 0. The van der Waals surface area contributed by atoms with Crippen molar-refractivity contribution < 1.29 is 0 Å². The average molecular weight is 425 g/mol. The first-order valence-corrected chi connectivity index (χ1v) is 14.8. The monoisotopic (exact) mass is 425 g/mol. The Morgan fingerprint density at radius 3 is 0.400 bits per heavy atom. The zero-order chi connectivity index (χ0) is 22.4. The van der Waals surface area contributed by atoms with E-state index < -0.39 is 0 Å². The summed E-state index contributed by atoms with van der Waals surface area (Å²) in [5, 5.41) is 0. The molecule has 3 aliphatic rings. The van der Waals surface area contributed by atoms with Gasteiger partial charge in [0.25, 0.3) is 0 Å². The largest absolute Gasteiger partial charge is 0.0654 e. The normalized spacial score (nSPS) is 18.0. The fourth-order valence-electron chi connectivity index (χ4n) is 4.18. The molecular weight excluding hydrogens is 360 g/mol. The second-order valence-electron chi connectivity index (χ2n) is 9.78. The Bertz CT molecular complexity index is 153. The summed E-state index contributed by atoms with van der Waals surface area (Å²) in [4.78, 5) is 0. The van der Waals surface area contributed by atoms with Gasteiger partial charge in [-0.15, -0.1) is 0 Å². The molecule has 0 aliphatic heterocycles. The second-order valence-corrected chi connectivity index (χ2v) is 9.78. The zero-order valence-electron chi connectivity index (χ0n) is 22.4. The molecule has 0 heterocycles. The van der Waals surface area contributed by atoms with Gasteiger partial charge in [-0.25, -0.2) is 0 Å². The van der Waals surface area contributed by atoms with Crippen molar-refractivity contribution in [3.05, 3.63) is 0 Å². The van der Waals surface area contributed by atoms with E-state index in [-0.39, 0.29) is 0 Å². The zero-order valence-corrected chi connectivity index (χ0v) is 22.4. The topological polar surface area (TPSA) is 0 Å². The summed E-state index contributed by atoms with van der Waals surface area (Å²) in [6.07, 6.45) is 38.1. The van der Waals surface area contributed by atoms with Gasteiger partial charge in [-0.3, -0.25) is 0 Å². The van der Waals surface area contributed by atoms with Crippen LogP contribution in [0.5, 0.6) is 0 Å². The highest BCUT2D eigenvalue weighted by atomic mass is 14.0. The van der Waals surface area contributed by atoms with Crippen LogP contribution in [0.25, 0.3) is 0 Å². The van der Waals surface area contributed by atoms with Gasteiger partial charge < -0.3 is 0 Å². The van der Waals surface area contributed by atoms with Gasteiger partial charge in [-0.1, -0.05) is 195 Å². The highest BCUT2D eigenvalue weighted by Gasteiger charge is 1.96. The maximum absolute atomic E-state index is 2.23. The summed E-state index contributed by atoms with van der Waals surface area (Å²) >= 11 is 0. The Kier molecular flexibility index (Phi) is 36.1. The highest BCUT2D eigenvalue weighted by Crippen LogP contribution is 2.16. The van der Waals surface area contributed by atoms with E-state index in [1.54, 1.807) is 0 Å². The summed E-state index contributed by atoms with van der Waals surface area (Å²) in [5.41, 5.74) is 0. The molecule has 3 rings (SSSR count). The van der Waals surface area contributed by atoms with Crippen molar-refractivity contribution in [1.29, 1.82) is 0 Å². The molecule has 0 heteroatoms. The molecule has 0 N–H and O–H groups in total. The molecule has 3 aliphatic carbocycles. The fraction of sp³-hybridized carbons (Fsp3) is 1.00. The minimum atomic E-state index is 1.36. The van der Waals surface area contributed by atoms with E-state index in [2.05, 4.69) is 27.7 Å². The lowest BCUT2D eigenvalue weighted by molar-refractivity contribution is 0.504. The number of hydrogen-bond donors (Lipinski definition) is 0. The summed E-state index contributed by atoms with van der Waals surface area (Å²) in [7, 11) is 0. The van der Waals surface area contributed by atoms with Gasteiger partial charge in [-0.2, -0.15) is 0 Å². The standard InChI is InChI=1S/3C6H12.2C6H14/c3*1-2-4-6-5-3-1;2*1-3-5-6-4-2/h3*1-6H2;2*3-6H2,1-2H3. The molecule has 0 aromatic carbocycles. The van der Waals surface area contributed by atoms with Crippen LogP contribution in [-0.2, 0) is 0 Å². The van der Waals surface area contributed by atoms with E-state index >= 15 is 0 Å². The molecule has 0 aromatic rings. The van der Waals surface area contributed by atoms with Gasteiger partial charge in [0, 0.05) is 0 Å². The van der Waals surface area contributed by atoms with Crippen molar-refractivity contribution in [2.45, 2.75) is 195 Å². The van der Waals surface area contributed by atoms with Crippen LogP contribution in [0.3, 0.4) is 0 Å². The first-order chi connectivity index (χ1) is 14.8. The van der Waals surface area contributed by atoms with E-state index in [0.717, 1.165) is 0 Å². The minimum absolute atomic E-state index is 1.36. The summed E-state index contributed by atoms with van der Waals surface area (Å²) < 4.78 is 0. The molecule has 0 atom stereocenters. The van der Waals surface area contributed by atoms with Crippen LogP contribution in [0.15, 0.2) is 0 Å². The molecule has 3 fully saturated rings. The summed E-state index contributed by atoms with van der Waals surface area (Å²) in [5.74, 6) is 0. The smallest absolute Gasteiger partial charge is 0.0533 e. The third kappa shape index (κ3) is 35.4. The Morgan fingerprint density at radius 2 is 0.333 bits per heavy atom. The quantitative estimate of drug-likeness (QED) is 0.372. The number of rotatable bonds is 6. The van der Waals surface area contributed by atoms with E-state index in [9.17, 15) is 0 Å². The van der Waals surface area contributed by atoms with E-state index in [4.69, 9.17) is 0 Å². The fourth-order valence-corrected chi connectivity index (χ4v) is 4.18. The van der Waals surface area contributed by atoms with E-state index in [1.165, 1.54) is 167 Å². The first-order valence-electron chi connectivity index (χ1n) is 14.8. The molecule has 0 spiro atoms. The summed E-state index contributed by atoms with van der Waals surface area (Å²) in [6, 6.07) is 0. The van der Waals surface area contributed by atoms with Crippen molar-refractivity contribution in [3.63, 3.8) is 0 Å². The maximum atomic E-state index is 2.23. The highest BCUT2D eigenvalue weighted by molar-refractivity contribution is 4.52. The molecule has 3 saturated carbocycles. The lowest BCUT2D eigenvalue weighted by atomic mass is 10.0. The van der Waals surface area contributed by atoms with Crippen LogP contribution < -0.4 is 0 Å². The maximum Gasteiger partial charge on any atom is -0.0533 e. The molecule has 0 unspecified atom stereocenters. The van der Waals surface area contributed by atoms with E-state index in [1.807, 2.05) is 0 Å². The third-order valence-electron chi connectivity index (χ3n) is 6.41. The van der Waals surface area contributed by atoms with Crippen molar-refractivity contribution in [2.24, 2.45) is 0 Å². The van der Waals surface area contributed by atoms with Gasteiger partial charge in [-0.05, 0) is 0 Å². The lowest BCUT2D eigenvalue weighted by Crippen LogP contribution is -1.85. The van der Waals surface area contributed by atoms with Gasteiger partial charge in [0.15, 0.2) is 0 Å². The minimum Gasteiger partial charge on any atom is -0.0654 e. The third-order valence-corrected chi connectivity index (χ3v) is 6.41. The molecule has 30 heavy (non-hydrogen) atoms. The number of unbranched alkanes of at least 4 members (excludes halogenated alkanes) is 6. The van der Waals surface area contributed by atoms with Crippen LogP contribution in [-0.4, -0.2) is 0 Å². The Morgan fingerprint density at radius 1 is 0.233 bits per heavy atom. The Labute approximate surface area is 194 Å². The lowest BCUT2D eigenvalue weighted by Gasteiger charge is -2.05. The van der Waals surface area contributed by atoms with Gasteiger partial charge in [0.1, 0.15) is 0 Å². The summed E-state index contributed by atoms with van der Waals surface area (Å²) in [6.45, 7) is 8.93. The van der Waals surface area contributed by atoms with Crippen molar-refractivity contribution in [3.8, 4) is 0 Å². The Hall–Kier alpha value is 0. The molecule has 0 radical (unpaired) electrons. The first kappa shape index (κ1) is 32.2. The van der Waals surface area contributed by atoms with Gasteiger partial charge >= 0.3 is 0 Å². The molecule has 0 amide bonds. The SMILES string of the molecule is C1CCCCC1.C1CCCCC1.C1CCCCC1.CCCCCC.CCCCCC. The predicted molar refractivity (Wildman–Crippen MR) is 143 cm³/mol. The van der Waals surface area contributed by atoms with E-state index in [0.29, 0.717) is 0 Å². The van der Waals surface area contributed by atoms with Crippen LogP contribution >= 0.6 is 0 Å². The molecule has 0 saturated heterocycles. The van der Waals surface area contributed by atoms with Crippen molar-refractivity contribution >= 4 is 0 Å². The van der Waals surface area contributed by atoms with Crippen LogP contribution in [0.2, 0.25) is 0 Å². The number of hydrogen-bond acceptors (Lipinski definition) is 0. The van der Waals surface area contributed by atoms with Crippen molar-refractivity contribution in [1.82, 2.24) is 0 Å².